The van der Waals surface area contributed by atoms with E-state index in [0.29, 0.717) is 6.54 Å². The molecule has 3 heteroatoms. The normalized spacial score (nSPS) is 11.1. The number of nitrogens with zero attached hydrogens (tertiary/aromatic N) is 1. The van der Waals surface area contributed by atoms with E-state index in [1.807, 2.05) is 6.08 Å². The maximum absolute atomic E-state index is 11.6. The van der Waals surface area contributed by atoms with Crippen molar-refractivity contribution in [2.45, 2.75) is 33.2 Å². The van der Waals surface area contributed by atoms with E-state index in [9.17, 15) is 4.79 Å². The molecule has 0 saturated carbocycles. The van der Waals surface area contributed by atoms with Crippen molar-refractivity contribution in [2.75, 3.05) is 12.9 Å². The number of hydrogen-bond donors (Lipinski definition) is 0. The number of alkyl halides is 1. The summed E-state index contributed by atoms with van der Waals surface area (Å²) in [5.41, 5.74) is 4.12. The van der Waals surface area contributed by atoms with Crippen LogP contribution in [0.25, 0.3) is 0 Å². The minimum absolute atomic E-state index is 0.388. The van der Waals surface area contributed by atoms with Gasteiger partial charge in [0.1, 0.15) is 0 Å². The van der Waals surface area contributed by atoms with Gasteiger partial charge in [0.2, 0.25) is 6.41 Å². The maximum Gasteiger partial charge on any atom is 0.210 e. The van der Waals surface area contributed by atoms with Gasteiger partial charge in [-0.3, -0.25) is 4.79 Å². The topological polar surface area (TPSA) is 20.3 Å². The quantitative estimate of drug-likeness (QED) is 0.384. The first-order valence-corrected chi connectivity index (χ1v) is 8.24. The van der Waals surface area contributed by atoms with Gasteiger partial charge in [-0.25, -0.2) is 0 Å². The molecule has 0 aliphatic carbocycles. The first-order chi connectivity index (χ1) is 10.9. The van der Waals surface area contributed by atoms with Crippen LogP contribution in [0.4, 0.5) is 0 Å². The highest BCUT2D eigenvalue weighted by atomic mass is 35.5. The molecule has 0 saturated heterocycles. The Morgan fingerprint density at radius 1 is 1.26 bits per heavy atom. The molecule has 126 valence electrons. The van der Waals surface area contributed by atoms with Gasteiger partial charge in [-0.15, -0.1) is 11.6 Å². The molecule has 0 fully saturated rings. The molecule has 0 aromatic heterocycles. The fourth-order valence-electron chi connectivity index (χ4n) is 2.45. The molecule has 0 N–H and O–H groups in total. The SMILES string of the molecule is C=C/C=C(\C=C)CN(C=O)C(C)(C)c1cc(C)ccc1C.CCl. The van der Waals surface area contributed by atoms with Crippen LogP contribution in [0.2, 0.25) is 0 Å². The second kappa shape index (κ2) is 10.1. The van der Waals surface area contributed by atoms with Crippen LogP contribution in [-0.4, -0.2) is 24.2 Å². The molecule has 1 amide bonds. The van der Waals surface area contributed by atoms with Gasteiger partial charge < -0.3 is 4.90 Å². The van der Waals surface area contributed by atoms with Gasteiger partial charge in [-0.2, -0.15) is 0 Å². The zero-order chi connectivity index (χ0) is 18.0. The zero-order valence-corrected chi connectivity index (χ0v) is 15.7. The van der Waals surface area contributed by atoms with Crippen LogP contribution in [0.1, 0.15) is 30.5 Å². The number of hydrogen-bond acceptors (Lipinski definition) is 1. The third kappa shape index (κ3) is 5.72. The Hall–Kier alpha value is -1.80. The van der Waals surface area contributed by atoms with Crippen molar-refractivity contribution in [3.8, 4) is 0 Å². The summed E-state index contributed by atoms with van der Waals surface area (Å²) in [7, 11) is 0. The van der Waals surface area contributed by atoms with E-state index in [4.69, 9.17) is 0 Å². The second-order valence-electron chi connectivity index (χ2n) is 5.79. The lowest BCUT2D eigenvalue weighted by Crippen LogP contribution is -2.42. The third-order valence-corrected chi connectivity index (χ3v) is 3.84. The van der Waals surface area contributed by atoms with Crippen molar-refractivity contribution < 1.29 is 4.79 Å². The Labute approximate surface area is 146 Å². The number of carbonyl (C=O) groups excluding carboxylic acids is 1. The number of benzene rings is 1. The predicted octanol–water partition coefficient (Wildman–Crippen LogP) is 5.15. The molecule has 1 rings (SSSR count). The molecule has 0 spiro atoms. The van der Waals surface area contributed by atoms with E-state index >= 15 is 0 Å². The van der Waals surface area contributed by atoms with Crippen molar-refractivity contribution in [1.82, 2.24) is 4.90 Å². The third-order valence-electron chi connectivity index (χ3n) is 3.84. The summed E-state index contributed by atoms with van der Waals surface area (Å²) in [5, 5.41) is 0. The number of allylic oxidation sites excluding steroid dienone is 2. The molecule has 23 heavy (non-hydrogen) atoms. The average molecular weight is 334 g/mol. The Kier molecular flexibility index (Phi) is 9.28. The van der Waals surface area contributed by atoms with Crippen molar-refractivity contribution in [1.29, 1.82) is 0 Å². The second-order valence-corrected chi connectivity index (χ2v) is 5.79. The molecule has 0 heterocycles. The van der Waals surface area contributed by atoms with Gasteiger partial charge >= 0.3 is 0 Å². The highest BCUT2D eigenvalue weighted by molar-refractivity contribution is 6.15. The Balaban J connectivity index is 0.00000232. The molecule has 1 aromatic carbocycles. The van der Waals surface area contributed by atoms with Crippen LogP contribution >= 0.6 is 11.6 Å². The largest absolute Gasteiger partial charge is 0.332 e. The average Bonchev–Trinajstić information content (AvgIpc) is 2.55. The number of halogens is 1. The number of carbonyl (C=O) groups is 1. The van der Waals surface area contributed by atoms with Crippen LogP contribution < -0.4 is 0 Å². The smallest absolute Gasteiger partial charge is 0.210 e. The van der Waals surface area contributed by atoms with Gasteiger partial charge in [-0.1, -0.05) is 55.1 Å². The van der Waals surface area contributed by atoms with E-state index in [-0.39, 0.29) is 5.54 Å². The Morgan fingerprint density at radius 3 is 2.35 bits per heavy atom. The molecule has 0 unspecified atom stereocenters. The maximum atomic E-state index is 11.6. The van der Waals surface area contributed by atoms with Gasteiger partial charge in [-0.05, 0) is 44.4 Å². The zero-order valence-electron chi connectivity index (χ0n) is 14.9. The van der Waals surface area contributed by atoms with E-state index in [2.05, 4.69) is 70.7 Å². The summed E-state index contributed by atoms with van der Waals surface area (Å²) < 4.78 is 0. The van der Waals surface area contributed by atoms with Gasteiger partial charge in [0, 0.05) is 12.9 Å². The minimum Gasteiger partial charge on any atom is -0.332 e. The summed E-state index contributed by atoms with van der Waals surface area (Å²) in [6.07, 6.45) is 7.73. The molecule has 0 radical (unpaired) electrons. The van der Waals surface area contributed by atoms with Crippen LogP contribution in [0, 0.1) is 13.8 Å². The lowest BCUT2D eigenvalue weighted by molar-refractivity contribution is -0.122. The summed E-state index contributed by atoms with van der Waals surface area (Å²) in [6.45, 7) is 16.3. The molecular formula is C20H28ClNO. The number of rotatable bonds is 7. The summed E-state index contributed by atoms with van der Waals surface area (Å²) in [6, 6.07) is 6.34. The lowest BCUT2D eigenvalue weighted by Gasteiger charge is -2.38. The van der Waals surface area contributed by atoms with Gasteiger partial charge in [0.15, 0.2) is 0 Å². The Morgan fingerprint density at radius 2 is 1.87 bits per heavy atom. The molecule has 1 aromatic rings. The molecular weight excluding hydrogens is 306 g/mol. The standard InChI is InChI=1S/C19H25NO.CH3Cl/c1-7-9-17(8-2)13-20(14-21)19(5,6)18-12-15(3)10-11-16(18)4;1-2/h7-12,14H,1-2,13H2,3-6H3;1H3/b17-9+;. The summed E-state index contributed by atoms with van der Waals surface area (Å²) in [5.74, 6) is 0. The number of amides is 1. The highest BCUT2D eigenvalue weighted by Crippen LogP contribution is 2.30. The fraction of sp³-hybridized carbons (Fsp3) is 0.350. The van der Waals surface area contributed by atoms with E-state index in [1.54, 1.807) is 17.1 Å². The van der Waals surface area contributed by atoms with Crippen molar-refractivity contribution in [3.63, 3.8) is 0 Å². The molecule has 0 aliphatic heterocycles. The highest BCUT2D eigenvalue weighted by Gasteiger charge is 2.29. The van der Waals surface area contributed by atoms with Crippen molar-refractivity contribution >= 4 is 18.0 Å². The number of aryl methyl sites for hydroxylation is 2. The van der Waals surface area contributed by atoms with E-state index in [0.717, 1.165) is 17.5 Å². The summed E-state index contributed by atoms with van der Waals surface area (Å²) >= 11 is 4.64. The minimum atomic E-state index is -0.388. The molecule has 0 bridgehead atoms. The molecule has 0 aliphatic rings. The molecule has 2 nitrogen and oxygen atoms in total. The first-order valence-electron chi connectivity index (χ1n) is 7.48. The lowest BCUT2D eigenvalue weighted by atomic mass is 9.87. The first kappa shape index (κ1) is 21.2. The van der Waals surface area contributed by atoms with Gasteiger partial charge in [0.05, 0.1) is 5.54 Å². The molecule has 0 atom stereocenters. The Bertz CT molecular complexity index is 573. The van der Waals surface area contributed by atoms with Crippen LogP contribution in [0.15, 0.2) is 55.2 Å². The van der Waals surface area contributed by atoms with Crippen LogP contribution in [-0.2, 0) is 10.3 Å². The van der Waals surface area contributed by atoms with E-state index in [1.165, 1.54) is 17.5 Å². The van der Waals surface area contributed by atoms with Gasteiger partial charge in [0.25, 0.3) is 0 Å². The van der Waals surface area contributed by atoms with Crippen molar-refractivity contribution in [2.24, 2.45) is 0 Å². The summed E-state index contributed by atoms with van der Waals surface area (Å²) in [4.78, 5) is 13.4. The predicted molar refractivity (Wildman–Crippen MR) is 102 cm³/mol. The fourth-order valence-corrected chi connectivity index (χ4v) is 2.45. The monoisotopic (exact) mass is 333 g/mol. The van der Waals surface area contributed by atoms with Crippen LogP contribution in [0.5, 0.6) is 0 Å². The van der Waals surface area contributed by atoms with E-state index < -0.39 is 0 Å². The van der Waals surface area contributed by atoms with Crippen LogP contribution in [0.3, 0.4) is 0 Å². The van der Waals surface area contributed by atoms with Crippen molar-refractivity contribution in [3.05, 3.63) is 71.8 Å².